The first-order valence-corrected chi connectivity index (χ1v) is 10.7. The second-order valence-electron chi connectivity index (χ2n) is 8.01. The van der Waals surface area contributed by atoms with E-state index in [-0.39, 0.29) is 11.3 Å². The summed E-state index contributed by atoms with van der Waals surface area (Å²) in [5.41, 5.74) is 1.09. The first-order chi connectivity index (χ1) is 12.4. The summed E-state index contributed by atoms with van der Waals surface area (Å²) < 4.78 is 0. The van der Waals surface area contributed by atoms with Crippen molar-refractivity contribution in [1.29, 1.82) is 0 Å². The Kier molecular flexibility index (Phi) is 6.00. The van der Waals surface area contributed by atoms with Crippen LogP contribution in [0.3, 0.4) is 0 Å². The zero-order chi connectivity index (χ0) is 18.7. The van der Waals surface area contributed by atoms with Crippen molar-refractivity contribution in [2.24, 2.45) is 5.41 Å². The summed E-state index contributed by atoms with van der Waals surface area (Å²) in [6.07, 6.45) is 6.37. The molecule has 5 nitrogen and oxygen atoms in total. The van der Waals surface area contributed by atoms with Crippen LogP contribution in [0.5, 0.6) is 0 Å². The molecule has 1 spiro atoms. The van der Waals surface area contributed by atoms with Crippen LogP contribution in [0.15, 0.2) is 0 Å². The van der Waals surface area contributed by atoms with Crippen LogP contribution in [-0.2, 0) is 16.0 Å². The fraction of sp³-hybridized carbons (Fsp3) is 0.750. The number of hydrogen-bond donors (Lipinski definition) is 0. The van der Waals surface area contributed by atoms with Gasteiger partial charge in [0.15, 0.2) is 0 Å². The molecule has 2 aliphatic rings. The van der Waals surface area contributed by atoms with E-state index in [9.17, 15) is 9.59 Å². The molecular formula is C20H31N3O2S. The molecule has 0 saturated carbocycles. The van der Waals surface area contributed by atoms with Gasteiger partial charge in [-0.05, 0) is 39.5 Å². The van der Waals surface area contributed by atoms with Gasteiger partial charge in [0.2, 0.25) is 11.8 Å². The van der Waals surface area contributed by atoms with Gasteiger partial charge in [-0.3, -0.25) is 9.59 Å². The van der Waals surface area contributed by atoms with Gasteiger partial charge in [0.05, 0.1) is 17.1 Å². The van der Waals surface area contributed by atoms with Crippen LogP contribution in [0, 0.1) is 19.3 Å². The molecule has 0 N–H and O–H groups in total. The van der Waals surface area contributed by atoms with Crippen LogP contribution < -0.4 is 0 Å². The Hall–Kier alpha value is -1.43. The van der Waals surface area contributed by atoms with Gasteiger partial charge in [0.25, 0.3) is 0 Å². The van der Waals surface area contributed by atoms with Crippen LogP contribution in [0.1, 0.15) is 61.0 Å². The number of carbonyl (C=O) groups is 2. The van der Waals surface area contributed by atoms with E-state index in [0.717, 1.165) is 73.9 Å². The first-order valence-electron chi connectivity index (χ1n) is 9.91. The van der Waals surface area contributed by atoms with E-state index in [1.807, 2.05) is 18.7 Å². The van der Waals surface area contributed by atoms with Crippen molar-refractivity contribution >= 4 is 23.2 Å². The molecule has 2 saturated heterocycles. The third-order valence-electron chi connectivity index (χ3n) is 5.86. The number of piperidine rings is 2. The van der Waals surface area contributed by atoms with E-state index in [0.29, 0.717) is 18.7 Å². The molecule has 2 amide bonds. The second-order valence-corrected chi connectivity index (χ2v) is 9.29. The highest BCUT2D eigenvalue weighted by Gasteiger charge is 2.42. The summed E-state index contributed by atoms with van der Waals surface area (Å²) in [5.74, 6) is 0.510. The number of unbranched alkanes of at least 4 members (excludes halogenated alkanes) is 1. The van der Waals surface area contributed by atoms with Crippen LogP contribution in [-0.4, -0.2) is 52.8 Å². The predicted molar refractivity (Wildman–Crippen MR) is 104 cm³/mol. The fourth-order valence-corrected chi connectivity index (χ4v) is 5.32. The van der Waals surface area contributed by atoms with E-state index in [4.69, 9.17) is 0 Å². The number of carbonyl (C=O) groups excluding carboxylic acids is 2. The van der Waals surface area contributed by atoms with E-state index in [1.165, 1.54) is 0 Å². The quantitative estimate of drug-likeness (QED) is 0.791. The van der Waals surface area contributed by atoms with E-state index in [2.05, 4.69) is 16.8 Å². The highest BCUT2D eigenvalue weighted by Crippen LogP contribution is 2.39. The third-order valence-corrected chi connectivity index (χ3v) is 6.93. The summed E-state index contributed by atoms with van der Waals surface area (Å²) in [4.78, 5) is 34.8. The molecule has 0 unspecified atom stereocenters. The Bertz CT molecular complexity index is 672. The molecule has 6 heteroatoms. The average molecular weight is 378 g/mol. The highest BCUT2D eigenvalue weighted by atomic mass is 32.1. The fourth-order valence-electron chi connectivity index (χ4n) is 4.40. The molecule has 1 aromatic rings. The molecule has 0 aromatic carbocycles. The maximum Gasteiger partial charge on any atom is 0.227 e. The zero-order valence-electron chi connectivity index (χ0n) is 16.3. The summed E-state index contributed by atoms with van der Waals surface area (Å²) >= 11 is 1.63. The maximum absolute atomic E-state index is 12.9. The monoisotopic (exact) mass is 377 g/mol. The molecule has 3 heterocycles. The van der Waals surface area contributed by atoms with Crippen molar-refractivity contribution in [2.45, 2.75) is 65.7 Å². The number of amides is 2. The van der Waals surface area contributed by atoms with Gasteiger partial charge in [-0.15, -0.1) is 11.3 Å². The van der Waals surface area contributed by atoms with Crippen molar-refractivity contribution in [1.82, 2.24) is 14.8 Å². The lowest BCUT2D eigenvalue weighted by molar-refractivity contribution is -0.142. The molecule has 0 radical (unpaired) electrons. The Morgan fingerprint density at radius 3 is 2.77 bits per heavy atom. The van der Waals surface area contributed by atoms with E-state index < -0.39 is 0 Å². The topological polar surface area (TPSA) is 53.5 Å². The van der Waals surface area contributed by atoms with Crippen LogP contribution in [0.2, 0.25) is 0 Å². The van der Waals surface area contributed by atoms with Crippen LogP contribution in [0.25, 0.3) is 0 Å². The molecule has 0 bridgehead atoms. The minimum atomic E-state index is 0.105. The van der Waals surface area contributed by atoms with Crippen LogP contribution in [0.4, 0.5) is 0 Å². The summed E-state index contributed by atoms with van der Waals surface area (Å²) in [6.45, 7) is 9.49. The number of hydrogen-bond acceptors (Lipinski definition) is 4. The maximum atomic E-state index is 12.9. The molecule has 144 valence electrons. The standard InChI is InChI=1S/C20H31N3O2S/c1-4-5-10-22-13-20(9-7-18(22)24)8-6-11-23(14-20)19(25)12-17-15(2)21-16(3)26-17/h4-14H2,1-3H3/t20-/m1/s1. The largest absolute Gasteiger partial charge is 0.342 e. The van der Waals surface area contributed by atoms with Gasteiger partial charge >= 0.3 is 0 Å². The van der Waals surface area contributed by atoms with Crippen molar-refractivity contribution < 1.29 is 9.59 Å². The van der Waals surface area contributed by atoms with Crippen molar-refractivity contribution in [3.63, 3.8) is 0 Å². The molecule has 2 fully saturated rings. The smallest absolute Gasteiger partial charge is 0.227 e. The van der Waals surface area contributed by atoms with Crippen LogP contribution >= 0.6 is 11.3 Å². The predicted octanol–water partition coefficient (Wildman–Crippen LogP) is 3.33. The van der Waals surface area contributed by atoms with Gasteiger partial charge in [-0.2, -0.15) is 0 Å². The van der Waals surface area contributed by atoms with E-state index >= 15 is 0 Å². The van der Waals surface area contributed by atoms with Crippen molar-refractivity contribution in [2.75, 3.05) is 26.2 Å². The van der Waals surface area contributed by atoms with E-state index in [1.54, 1.807) is 11.3 Å². The summed E-state index contributed by atoms with van der Waals surface area (Å²) in [6, 6.07) is 0. The number of rotatable bonds is 5. The molecule has 2 aliphatic heterocycles. The molecule has 1 atom stereocenters. The third kappa shape index (κ3) is 4.27. The lowest BCUT2D eigenvalue weighted by Crippen LogP contribution is -2.55. The number of nitrogens with zero attached hydrogens (tertiary/aromatic N) is 3. The molecule has 1 aromatic heterocycles. The minimum absolute atomic E-state index is 0.105. The number of aryl methyl sites for hydroxylation is 2. The van der Waals surface area contributed by atoms with Crippen molar-refractivity contribution in [3.8, 4) is 0 Å². The molecule has 0 aliphatic carbocycles. The van der Waals surface area contributed by atoms with Gasteiger partial charge < -0.3 is 9.80 Å². The Labute approximate surface area is 160 Å². The Morgan fingerprint density at radius 1 is 1.27 bits per heavy atom. The molecule has 26 heavy (non-hydrogen) atoms. The Balaban J connectivity index is 1.65. The summed E-state index contributed by atoms with van der Waals surface area (Å²) in [5, 5.41) is 1.03. The normalized spacial score (nSPS) is 23.7. The minimum Gasteiger partial charge on any atom is -0.342 e. The number of likely N-dealkylation sites (tertiary alicyclic amines) is 2. The first kappa shape index (κ1) is 19.3. The lowest BCUT2D eigenvalue weighted by atomic mass is 9.73. The van der Waals surface area contributed by atoms with Gasteiger partial charge in [0, 0.05) is 42.9 Å². The summed E-state index contributed by atoms with van der Waals surface area (Å²) in [7, 11) is 0. The average Bonchev–Trinajstić information content (AvgIpc) is 2.93. The molecule has 3 rings (SSSR count). The highest BCUT2D eigenvalue weighted by molar-refractivity contribution is 7.11. The van der Waals surface area contributed by atoms with Gasteiger partial charge in [-0.1, -0.05) is 13.3 Å². The number of thiazole rings is 1. The molecular weight excluding hydrogens is 346 g/mol. The Morgan fingerprint density at radius 2 is 2.08 bits per heavy atom. The second kappa shape index (κ2) is 8.07. The SMILES string of the molecule is CCCCN1C[C@@]2(CCCN(C(=O)Cc3sc(C)nc3C)C2)CCC1=O. The lowest BCUT2D eigenvalue weighted by Gasteiger charge is -2.48. The van der Waals surface area contributed by atoms with Crippen molar-refractivity contribution in [3.05, 3.63) is 15.6 Å². The zero-order valence-corrected chi connectivity index (χ0v) is 17.2. The number of aromatic nitrogens is 1. The van der Waals surface area contributed by atoms with Gasteiger partial charge in [-0.25, -0.2) is 4.98 Å². The van der Waals surface area contributed by atoms with Gasteiger partial charge in [0.1, 0.15) is 0 Å².